The Balaban J connectivity index is 1.66. The minimum absolute atomic E-state index is 0.383. The third-order valence-electron chi connectivity index (χ3n) is 5.21. The van der Waals surface area contributed by atoms with Crippen molar-refractivity contribution in [2.45, 2.75) is 38.1 Å². The molecule has 2 heterocycles. The Labute approximate surface area is 194 Å². The summed E-state index contributed by atoms with van der Waals surface area (Å²) < 4.78 is 6.36. The second kappa shape index (κ2) is 10.5. The predicted molar refractivity (Wildman–Crippen MR) is 132 cm³/mol. The van der Waals surface area contributed by atoms with E-state index < -0.39 is 0 Å². The maximum Gasteiger partial charge on any atom is 0.247 e. The second-order valence-electron chi connectivity index (χ2n) is 7.61. The molecule has 166 valence electrons. The van der Waals surface area contributed by atoms with Gasteiger partial charge in [0, 0.05) is 41.3 Å². The number of ether oxygens (including phenoxy) is 1. The molecule has 6 nitrogen and oxygen atoms in total. The molecule has 0 fully saturated rings. The average molecular weight is 448 g/mol. The zero-order chi connectivity index (χ0) is 22.3. The molecule has 1 N–H and O–H groups in total. The van der Waals surface area contributed by atoms with Crippen LogP contribution < -0.4 is 15.0 Å². The number of hydrogen-bond donors (Lipinski definition) is 1. The summed E-state index contributed by atoms with van der Waals surface area (Å²) in [4.78, 5) is 7.08. The van der Waals surface area contributed by atoms with Crippen LogP contribution in [-0.4, -0.2) is 34.0 Å². The average Bonchev–Trinajstić information content (AvgIpc) is 2.99. The molecule has 0 bridgehead atoms. The van der Waals surface area contributed by atoms with Gasteiger partial charge in [-0.1, -0.05) is 62.0 Å². The Morgan fingerprint density at radius 2 is 1.81 bits per heavy atom. The first-order valence-corrected chi connectivity index (χ1v) is 12.1. The first-order chi connectivity index (χ1) is 15.7. The Kier molecular flexibility index (Phi) is 7.27. The normalized spacial score (nSPS) is 14.4. The summed E-state index contributed by atoms with van der Waals surface area (Å²) in [5, 5.41) is 12.8. The number of nitrogens with zero attached hydrogens (tertiary/aromatic N) is 4. The molecule has 0 amide bonds. The molecule has 7 heteroatoms. The van der Waals surface area contributed by atoms with Crippen molar-refractivity contribution in [2.24, 2.45) is 0 Å². The van der Waals surface area contributed by atoms with Crippen LogP contribution in [0.4, 0.5) is 11.4 Å². The van der Waals surface area contributed by atoms with E-state index in [1.807, 2.05) is 30.3 Å². The lowest BCUT2D eigenvalue weighted by Crippen LogP contribution is -2.25. The molecule has 0 unspecified atom stereocenters. The number of aromatic nitrogens is 3. The number of nitrogens with one attached hydrogen (secondary N) is 1. The molecular weight excluding hydrogens is 418 g/mol. The van der Waals surface area contributed by atoms with Gasteiger partial charge in [-0.3, -0.25) is 0 Å². The summed E-state index contributed by atoms with van der Waals surface area (Å²) >= 11 is 1.48. The summed E-state index contributed by atoms with van der Waals surface area (Å²) in [6, 6.07) is 16.6. The highest BCUT2D eigenvalue weighted by Crippen LogP contribution is 2.39. The SMILES string of the molecule is C=CCSc1nnc2c(n1)O[C@@H](c1ccc(N(CCC)CCC)cc1)Nc1ccccc1-2. The third kappa shape index (κ3) is 4.88. The first-order valence-electron chi connectivity index (χ1n) is 11.1. The molecule has 0 aliphatic carbocycles. The van der Waals surface area contributed by atoms with Crippen LogP contribution in [-0.2, 0) is 0 Å². The number of para-hydroxylation sites is 1. The van der Waals surface area contributed by atoms with Crippen LogP contribution in [0.15, 0.2) is 66.3 Å². The van der Waals surface area contributed by atoms with Crippen molar-refractivity contribution >= 4 is 23.1 Å². The van der Waals surface area contributed by atoms with Gasteiger partial charge >= 0.3 is 0 Å². The fourth-order valence-corrected chi connectivity index (χ4v) is 4.28. The number of hydrogen-bond acceptors (Lipinski definition) is 7. The summed E-state index contributed by atoms with van der Waals surface area (Å²) in [5.74, 6) is 1.20. The van der Waals surface area contributed by atoms with Crippen LogP contribution in [0.1, 0.15) is 38.5 Å². The number of rotatable bonds is 9. The summed E-state index contributed by atoms with van der Waals surface area (Å²) in [5.41, 5.74) is 4.79. The van der Waals surface area contributed by atoms with E-state index >= 15 is 0 Å². The van der Waals surface area contributed by atoms with Crippen molar-refractivity contribution in [2.75, 3.05) is 29.1 Å². The fraction of sp³-hybridized carbons (Fsp3) is 0.320. The van der Waals surface area contributed by atoms with E-state index in [4.69, 9.17) is 4.74 Å². The zero-order valence-corrected chi connectivity index (χ0v) is 19.4. The highest BCUT2D eigenvalue weighted by molar-refractivity contribution is 7.99. The lowest BCUT2D eigenvalue weighted by molar-refractivity contribution is 0.225. The van der Waals surface area contributed by atoms with E-state index in [0.717, 1.165) is 42.7 Å². The van der Waals surface area contributed by atoms with Gasteiger partial charge in [-0.05, 0) is 31.0 Å². The van der Waals surface area contributed by atoms with Gasteiger partial charge in [0.25, 0.3) is 0 Å². The molecule has 1 atom stereocenters. The van der Waals surface area contributed by atoms with Crippen molar-refractivity contribution in [1.29, 1.82) is 0 Å². The van der Waals surface area contributed by atoms with Gasteiger partial charge in [-0.2, -0.15) is 4.98 Å². The molecule has 1 aliphatic rings. The minimum atomic E-state index is -0.383. The smallest absolute Gasteiger partial charge is 0.247 e. The van der Waals surface area contributed by atoms with Gasteiger partial charge in [-0.15, -0.1) is 16.8 Å². The number of thioether (sulfide) groups is 1. The van der Waals surface area contributed by atoms with Gasteiger partial charge in [0.05, 0.1) is 0 Å². The van der Waals surface area contributed by atoms with Crippen LogP contribution in [0.2, 0.25) is 0 Å². The fourth-order valence-electron chi connectivity index (χ4n) is 3.76. The topological polar surface area (TPSA) is 63.2 Å². The third-order valence-corrected chi connectivity index (χ3v) is 6.05. The van der Waals surface area contributed by atoms with Gasteiger partial charge in [0.15, 0.2) is 11.9 Å². The molecule has 4 rings (SSSR count). The monoisotopic (exact) mass is 447 g/mol. The molecule has 3 aromatic rings. The minimum Gasteiger partial charge on any atom is -0.448 e. The highest BCUT2D eigenvalue weighted by Gasteiger charge is 2.26. The van der Waals surface area contributed by atoms with Gasteiger partial charge in [-0.25, -0.2) is 0 Å². The molecule has 0 saturated carbocycles. The molecule has 0 saturated heterocycles. The molecule has 0 spiro atoms. The largest absolute Gasteiger partial charge is 0.448 e. The van der Waals surface area contributed by atoms with Gasteiger partial charge in [0.1, 0.15) is 0 Å². The highest BCUT2D eigenvalue weighted by atomic mass is 32.2. The molecule has 2 aromatic carbocycles. The lowest BCUT2D eigenvalue weighted by atomic mass is 10.1. The Hall–Kier alpha value is -3.06. The van der Waals surface area contributed by atoms with Gasteiger partial charge in [0.2, 0.25) is 11.0 Å². The predicted octanol–water partition coefficient (Wildman–Crippen LogP) is 5.95. The van der Waals surface area contributed by atoms with Crippen LogP contribution in [0.25, 0.3) is 11.3 Å². The van der Waals surface area contributed by atoms with Crippen LogP contribution in [0.5, 0.6) is 5.88 Å². The summed E-state index contributed by atoms with van der Waals surface area (Å²) in [6.07, 6.45) is 3.69. The number of fused-ring (bicyclic) bond motifs is 3. The second-order valence-corrected chi connectivity index (χ2v) is 8.60. The standard InChI is InChI=1S/C25H29N5OS/c1-4-15-30(16-5-2)19-13-11-18(12-14-19)23-26-21-10-8-7-9-20(21)22-24(31-23)27-25(29-28-22)32-17-6-3/h6-14,23,26H,3-5,15-17H2,1-2H3/t23-/m0/s1. The summed E-state index contributed by atoms with van der Waals surface area (Å²) in [7, 11) is 0. The van der Waals surface area contributed by atoms with E-state index in [0.29, 0.717) is 22.5 Å². The van der Waals surface area contributed by atoms with E-state index in [-0.39, 0.29) is 6.23 Å². The molecule has 1 aromatic heterocycles. The molecular formula is C25H29N5OS. The maximum atomic E-state index is 6.36. The van der Waals surface area contributed by atoms with Crippen LogP contribution in [0.3, 0.4) is 0 Å². The maximum absolute atomic E-state index is 6.36. The van der Waals surface area contributed by atoms with E-state index in [1.165, 1.54) is 17.4 Å². The molecule has 0 radical (unpaired) electrons. The van der Waals surface area contributed by atoms with E-state index in [1.54, 1.807) is 0 Å². The Bertz CT molecular complexity index is 1050. The van der Waals surface area contributed by atoms with Crippen LogP contribution >= 0.6 is 11.8 Å². The Morgan fingerprint density at radius 3 is 2.53 bits per heavy atom. The summed E-state index contributed by atoms with van der Waals surface area (Å²) in [6.45, 7) is 10.3. The van der Waals surface area contributed by atoms with E-state index in [2.05, 4.69) is 70.1 Å². The zero-order valence-electron chi connectivity index (χ0n) is 18.6. The van der Waals surface area contributed by atoms with Crippen molar-refractivity contribution in [3.63, 3.8) is 0 Å². The number of anilines is 2. The van der Waals surface area contributed by atoms with Crippen molar-refractivity contribution < 1.29 is 4.74 Å². The number of benzene rings is 2. The lowest BCUT2D eigenvalue weighted by Gasteiger charge is -2.25. The molecule has 32 heavy (non-hydrogen) atoms. The van der Waals surface area contributed by atoms with Crippen molar-refractivity contribution in [3.05, 3.63) is 66.7 Å². The van der Waals surface area contributed by atoms with Crippen LogP contribution in [0, 0.1) is 0 Å². The quantitative estimate of drug-likeness (QED) is 0.321. The van der Waals surface area contributed by atoms with Gasteiger partial charge < -0.3 is 15.0 Å². The first kappa shape index (κ1) is 22.1. The van der Waals surface area contributed by atoms with Crippen molar-refractivity contribution in [3.8, 4) is 17.1 Å². The Morgan fingerprint density at radius 1 is 1.06 bits per heavy atom. The van der Waals surface area contributed by atoms with Crippen molar-refractivity contribution in [1.82, 2.24) is 15.2 Å². The van der Waals surface area contributed by atoms with E-state index in [9.17, 15) is 0 Å². The molecule has 1 aliphatic heterocycles.